The summed E-state index contributed by atoms with van der Waals surface area (Å²) < 4.78 is 15.4. The molecule has 0 bridgehead atoms. The summed E-state index contributed by atoms with van der Waals surface area (Å²) in [5.41, 5.74) is 6.92. The maximum atomic E-state index is 12.4. The van der Waals surface area contributed by atoms with Gasteiger partial charge in [0.15, 0.2) is 6.61 Å². The molecule has 1 aromatic heterocycles. The molecule has 9 nitrogen and oxygen atoms in total. The molecule has 29 heavy (non-hydrogen) atoms. The van der Waals surface area contributed by atoms with Gasteiger partial charge in [0.2, 0.25) is 5.88 Å². The van der Waals surface area contributed by atoms with Gasteiger partial charge in [-0.15, -0.1) is 0 Å². The zero-order valence-corrected chi connectivity index (χ0v) is 16.2. The van der Waals surface area contributed by atoms with E-state index in [1.54, 1.807) is 38.1 Å². The fourth-order valence-corrected chi connectivity index (χ4v) is 2.33. The van der Waals surface area contributed by atoms with Gasteiger partial charge in [-0.1, -0.05) is 12.1 Å². The summed E-state index contributed by atoms with van der Waals surface area (Å²) in [4.78, 5) is 27.8. The number of rotatable bonds is 9. The fourth-order valence-electron chi connectivity index (χ4n) is 2.33. The summed E-state index contributed by atoms with van der Waals surface area (Å²) in [6.07, 6.45) is 0. The SMILES string of the molecule is CCOC(=O)COc1ccc(CNC(=O)c2cc(N)c(C#N)c(OCC)n2)cc1. The highest BCUT2D eigenvalue weighted by Gasteiger charge is 2.16. The van der Waals surface area contributed by atoms with Gasteiger partial charge in [-0.05, 0) is 37.6 Å². The van der Waals surface area contributed by atoms with Crippen LogP contribution in [0.5, 0.6) is 11.6 Å². The molecule has 9 heteroatoms. The molecule has 0 saturated carbocycles. The lowest BCUT2D eigenvalue weighted by Crippen LogP contribution is -2.24. The Balaban J connectivity index is 1.97. The van der Waals surface area contributed by atoms with E-state index in [-0.39, 0.29) is 42.6 Å². The second kappa shape index (κ2) is 10.5. The molecule has 0 saturated heterocycles. The van der Waals surface area contributed by atoms with Gasteiger partial charge in [0.05, 0.1) is 18.9 Å². The fraction of sp³-hybridized carbons (Fsp3) is 0.300. The van der Waals surface area contributed by atoms with Crippen LogP contribution in [0.2, 0.25) is 0 Å². The monoisotopic (exact) mass is 398 g/mol. The first kappa shape index (κ1) is 21.5. The zero-order valence-electron chi connectivity index (χ0n) is 16.2. The maximum absolute atomic E-state index is 12.4. The Kier molecular flexibility index (Phi) is 7.79. The largest absolute Gasteiger partial charge is 0.482 e. The highest BCUT2D eigenvalue weighted by atomic mass is 16.6. The van der Waals surface area contributed by atoms with Crippen LogP contribution in [0, 0.1) is 11.3 Å². The van der Waals surface area contributed by atoms with Crippen LogP contribution in [0.25, 0.3) is 0 Å². The van der Waals surface area contributed by atoms with Crippen LogP contribution in [-0.4, -0.2) is 36.7 Å². The van der Waals surface area contributed by atoms with Gasteiger partial charge in [0.25, 0.3) is 5.91 Å². The molecule has 2 aromatic rings. The Hall–Kier alpha value is -3.80. The van der Waals surface area contributed by atoms with Crippen molar-refractivity contribution in [3.8, 4) is 17.7 Å². The van der Waals surface area contributed by atoms with Gasteiger partial charge >= 0.3 is 5.97 Å². The van der Waals surface area contributed by atoms with Crippen molar-refractivity contribution in [1.29, 1.82) is 5.26 Å². The van der Waals surface area contributed by atoms with Gasteiger partial charge in [0, 0.05) is 6.54 Å². The molecule has 0 fully saturated rings. The van der Waals surface area contributed by atoms with Crippen LogP contribution in [0.1, 0.15) is 35.5 Å². The van der Waals surface area contributed by atoms with Crippen LogP contribution in [-0.2, 0) is 16.1 Å². The molecule has 0 aliphatic carbocycles. The molecule has 152 valence electrons. The van der Waals surface area contributed by atoms with Crippen molar-refractivity contribution in [3.63, 3.8) is 0 Å². The first-order chi connectivity index (χ1) is 14.0. The predicted octanol–water partition coefficient (Wildman–Crippen LogP) is 1.81. The van der Waals surface area contributed by atoms with E-state index >= 15 is 0 Å². The van der Waals surface area contributed by atoms with E-state index in [1.165, 1.54) is 6.07 Å². The van der Waals surface area contributed by atoms with Crippen molar-refractivity contribution in [1.82, 2.24) is 10.3 Å². The minimum atomic E-state index is -0.454. The van der Waals surface area contributed by atoms with Crippen molar-refractivity contribution in [2.24, 2.45) is 0 Å². The molecule has 0 aliphatic heterocycles. The van der Waals surface area contributed by atoms with Crippen LogP contribution in [0.3, 0.4) is 0 Å². The number of nitrogens with zero attached hydrogens (tertiary/aromatic N) is 2. The average molecular weight is 398 g/mol. The maximum Gasteiger partial charge on any atom is 0.344 e. The number of carbonyl (C=O) groups excluding carboxylic acids is 2. The third-order valence-corrected chi connectivity index (χ3v) is 3.68. The number of hydrogen-bond donors (Lipinski definition) is 2. The number of nitriles is 1. The molecule has 0 atom stereocenters. The Labute approximate surface area is 168 Å². The minimum absolute atomic E-state index is 0.0308. The molecule has 1 aromatic carbocycles. The standard InChI is InChI=1S/C20H22N4O5/c1-3-27-18(25)12-29-14-7-5-13(6-8-14)11-23-19(26)17-9-16(22)15(10-21)20(24-17)28-4-2/h5-9H,3-4,11-12H2,1-2H3,(H2,22,24)(H,23,26). The number of anilines is 1. The van der Waals surface area contributed by atoms with E-state index in [2.05, 4.69) is 10.3 Å². The first-order valence-electron chi connectivity index (χ1n) is 8.97. The smallest absolute Gasteiger partial charge is 0.344 e. The van der Waals surface area contributed by atoms with Crippen molar-refractivity contribution >= 4 is 17.6 Å². The van der Waals surface area contributed by atoms with Crippen molar-refractivity contribution in [2.75, 3.05) is 25.6 Å². The van der Waals surface area contributed by atoms with Crippen LogP contribution >= 0.6 is 0 Å². The summed E-state index contributed by atoms with van der Waals surface area (Å²) in [6, 6.07) is 10.1. The number of aromatic nitrogens is 1. The summed E-state index contributed by atoms with van der Waals surface area (Å²) in [7, 11) is 0. The van der Waals surface area contributed by atoms with E-state index in [9.17, 15) is 9.59 Å². The minimum Gasteiger partial charge on any atom is -0.482 e. The second-order valence-corrected chi connectivity index (χ2v) is 5.74. The number of nitrogens with two attached hydrogens (primary N) is 1. The number of carbonyl (C=O) groups is 2. The Morgan fingerprint density at radius 2 is 1.90 bits per heavy atom. The van der Waals surface area contributed by atoms with Gasteiger partial charge < -0.3 is 25.3 Å². The summed E-state index contributed by atoms with van der Waals surface area (Å²) in [6.45, 7) is 4.12. The van der Waals surface area contributed by atoms with Crippen molar-refractivity contribution in [3.05, 3.63) is 47.2 Å². The quantitative estimate of drug-likeness (QED) is 0.610. The molecule has 0 radical (unpaired) electrons. The van der Waals surface area contributed by atoms with E-state index in [0.717, 1.165) is 5.56 Å². The number of ether oxygens (including phenoxy) is 3. The third-order valence-electron chi connectivity index (χ3n) is 3.68. The van der Waals surface area contributed by atoms with E-state index in [4.69, 9.17) is 25.2 Å². The molecule has 2 rings (SSSR count). The molecule has 0 spiro atoms. The Morgan fingerprint density at radius 1 is 1.17 bits per heavy atom. The van der Waals surface area contributed by atoms with E-state index in [0.29, 0.717) is 12.4 Å². The lowest BCUT2D eigenvalue weighted by atomic mass is 10.2. The number of nitrogens with one attached hydrogen (secondary N) is 1. The number of hydrogen-bond acceptors (Lipinski definition) is 8. The normalized spacial score (nSPS) is 9.97. The van der Waals surface area contributed by atoms with Gasteiger partial charge in [-0.25, -0.2) is 9.78 Å². The highest BCUT2D eigenvalue weighted by molar-refractivity contribution is 5.93. The van der Waals surface area contributed by atoms with Gasteiger partial charge in [-0.3, -0.25) is 4.79 Å². The first-order valence-corrected chi connectivity index (χ1v) is 8.97. The number of esters is 1. The molecule has 0 unspecified atom stereocenters. The van der Waals surface area contributed by atoms with Crippen LogP contribution in [0.4, 0.5) is 5.69 Å². The molecular formula is C20H22N4O5. The summed E-state index contributed by atoms with van der Waals surface area (Å²) in [5, 5.41) is 11.9. The number of pyridine rings is 1. The highest BCUT2D eigenvalue weighted by Crippen LogP contribution is 2.22. The Bertz CT molecular complexity index is 906. The topological polar surface area (TPSA) is 137 Å². The number of benzene rings is 1. The van der Waals surface area contributed by atoms with Crippen LogP contribution in [0.15, 0.2) is 30.3 Å². The van der Waals surface area contributed by atoms with E-state index < -0.39 is 11.9 Å². The number of nitrogen functional groups attached to an aromatic ring is 1. The van der Waals surface area contributed by atoms with E-state index in [1.807, 2.05) is 6.07 Å². The summed E-state index contributed by atoms with van der Waals surface area (Å²) in [5.74, 6) is -0.353. The third kappa shape index (κ3) is 6.10. The second-order valence-electron chi connectivity index (χ2n) is 5.74. The lowest BCUT2D eigenvalue weighted by molar-refractivity contribution is -0.145. The van der Waals surface area contributed by atoms with Gasteiger partial charge in [-0.2, -0.15) is 5.26 Å². The Morgan fingerprint density at radius 3 is 2.52 bits per heavy atom. The van der Waals surface area contributed by atoms with Crippen molar-refractivity contribution in [2.45, 2.75) is 20.4 Å². The lowest BCUT2D eigenvalue weighted by Gasteiger charge is -2.10. The zero-order chi connectivity index (χ0) is 21.2. The van der Waals surface area contributed by atoms with Crippen LogP contribution < -0.4 is 20.5 Å². The molecule has 1 heterocycles. The number of amides is 1. The molecule has 3 N–H and O–H groups in total. The molecular weight excluding hydrogens is 376 g/mol. The average Bonchev–Trinajstić information content (AvgIpc) is 2.71. The van der Waals surface area contributed by atoms with Crippen molar-refractivity contribution < 1.29 is 23.8 Å². The van der Waals surface area contributed by atoms with Gasteiger partial charge in [0.1, 0.15) is 23.1 Å². The predicted molar refractivity (Wildman–Crippen MR) is 104 cm³/mol. The molecule has 0 aliphatic rings. The molecule has 1 amide bonds. The summed E-state index contributed by atoms with van der Waals surface area (Å²) >= 11 is 0.